The van der Waals surface area contributed by atoms with Crippen molar-refractivity contribution in [3.8, 4) is 0 Å². The Morgan fingerprint density at radius 2 is 2.06 bits per heavy atom. The van der Waals surface area contributed by atoms with Crippen LogP contribution in [-0.4, -0.2) is 60.3 Å². The number of nitrogens with zero attached hydrogens (tertiary/aromatic N) is 2. The average Bonchev–Trinajstić information content (AvgIpc) is 2.32. The molecule has 90 valence electrons. The lowest BCUT2D eigenvalue weighted by Gasteiger charge is -2.38. The Balaban J connectivity index is 1.79. The molecule has 0 saturated carbocycles. The standard InChI is InChI=1S/C12H21N3O/c13-11-1-3-12(4-2-11)15-7-5-14(6-8-15)9-10-16/h1-3,12,16H,4-10,13H2. The van der Waals surface area contributed by atoms with Gasteiger partial charge in [-0.15, -0.1) is 0 Å². The van der Waals surface area contributed by atoms with Gasteiger partial charge in [0, 0.05) is 44.5 Å². The van der Waals surface area contributed by atoms with E-state index in [-0.39, 0.29) is 6.61 Å². The molecule has 1 fully saturated rings. The lowest BCUT2D eigenvalue weighted by molar-refractivity contribution is 0.0967. The Bertz CT molecular complexity index is 280. The van der Waals surface area contributed by atoms with Gasteiger partial charge in [0.05, 0.1) is 6.61 Å². The van der Waals surface area contributed by atoms with Crippen molar-refractivity contribution in [3.63, 3.8) is 0 Å². The zero-order chi connectivity index (χ0) is 11.4. The van der Waals surface area contributed by atoms with Gasteiger partial charge >= 0.3 is 0 Å². The summed E-state index contributed by atoms with van der Waals surface area (Å²) in [6.07, 6.45) is 7.35. The Morgan fingerprint density at radius 3 is 2.62 bits per heavy atom. The molecule has 0 bridgehead atoms. The van der Waals surface area contributed by atoms with E-state index < -0.39 is 0 Å². The molecule has 4 heteroatoms. The summed E-state index contributed by atoms with van der Waals surface area (Å²) in [6, 6.07) is 0.517. The van der Waals surface area contributed by atoms with E-state index in [2.05, 4.69) is 22.0 Å². The van der Waals surface area contributed by atoms with Crippen LogP contribution in [0.15, 0.2) is 23.9 Å². The molecule has 0 spiro atoms. The monoisotopic (exact) mass is 223 g/mol. The molecule has 1 aliphatic carbocycles. The first-order valence-electron chi connectivity index (χ1n) is 6.00. The Kier molecular flexibility index (Phi) is 3.98. The van der Waals surface area contributed by atoms with Gasteiger partial charge in [-0.2, -0.15) is 0 Å². The maximum atomic E-state index is 8.87. The van der Waals surface area contributed by atoms with Gasteiger partial charge in [-0.3, -0.25) is 9.80 Å². The van der Waals surface area contributed by atoms with Crippen molar-refractivity contribution in [1.29, 1.82) is 0 Å². The van der Waals surface area contributed by atoms with Crippen LogP contribution in [-0.2, 0) is 0 Å². The summed E-state index contributed by atoms with van der Waals surface area (Å²) in [5.74, 6) is 0. The first kappa shape index (κ1) is 11.6. The van der Waals surface area contributed by atoms with Crippen molar-refractivity contribution in [2.24, 2.45) is 5.73 Å². The van der Waals surface area contributed by atoms with Gasteiger partial charge in [0.25, 0.3) is 0 Å². The van der Waals surface area contributed by atoms with Gasteiger partial charge < -0.3 is 10.8 Å². The summed E-state index contributed by atoms with van der Waals surface area (Å²) in [6.45, 7) is 5.36. The predicted octanol–water partition coefficient (Wildman–Crippen LogP) is -0.233. The highest BCUT2D eigenvalue weighted by atomic mass is 16.3. The fourth-order valence-electron chi connectivity index (χ4n) is 2.36. The molecule has 2 aliphatic rings. The second-order valence-electron chi connectivity index (χ2n) is 4.47. The first-order chi connectivity index (χ1) is 7.79. The number of β-amino-alcohol motifs (C(OH)–C–C–N with tert-alkyl or cyclic N) is 1. The second kappa shape index (κ2) is 5.48. The first-order valence-corrected chi connectivity index (χ1v) is 6.00. The number of aliphatic hydroxyl groups excluding tert-OH is 1. The van der Waals surface area contributed by atoms with E-state index in [0.717, 1.165) is 44.8 Å². The number of aliphatic hydroxyl groups is 1. The molecule has 0 radical (unpaired) electrons. The van der Waals surface area contributed by atoms with Gasteiger partial charge in [0.15, 0.2) is 0 Å². The number of rotatable bonds is 3. The lowest BCUT2D eigenvalue weighted by Crippen LogP contribution is -2.50. The zero-order valence-electron chi connectivity index (χ0n) is 9.68. The molecule has 1 atom stereocenters. The smallest absolute Gasteiger partial charge is 0.0558 e. The van der Waals surface area contributed by atoms with Crippen LogP contribution < -0.4 is 5.73 Å². The fraction of sp³-hybridized carbons (Fsp3) is 0.667. The van der Waals surface area contributed by atoms with Gasteiger partial charge in [-0.05, 0) is 12.5 Å². The van der Waals surface area contributed by atoms with E-state index in [9.17, 15) is 0 Å². The molecule has 2 rings (SSSR count). The molecule has 0 aromatic rings. The highest BCUT2D eigenvalue weighted by Crippen LogP contribution is 2.15. The lowest BCUT2D eigenvalue weighted by atomic mass is 10.0. The van der Waals surface area contributed by atoms with Crippen LogP contribution >= 0.6 is 0 Å². The molecule has 16 heavy (non-hydrogen) atoms. The van der Waals surface area contributed by atoms with Crippen LogP contribution in [0.1, 0.15) is 6.42 Å². The highest BCUT2D eigenvalue weighted by Gasteiger charge is 2.22. The van der Waals surface area contributed by atoms with E-state index in [1.807, 2.05) is 6.08 Å². The number of nitrogens with two attached hydrogens (primary N) is 1. The van der Waals surface area contributed by atoms with Crippen LogP contribution in [0.3, 0.4) is 0 Å². The number of hydrogen-bond acceptors (Lipinski definition) is 4. The van der Waals surface area contributed by atoms with E-state index in [1.165, 1.54) is 0 Å². The van der Waals surface area contributed by atoms with Crippen LogP contribution in [0.2, 0.25) is 0 Å². The van der Waals surface area contributed by atoms with Crippen LogP contribution in [0.5, 0.6) is 0 Å². The topological polar surface area (TPSA) is 52.7 Å². The normalized spacial score (nSPS) is 28.1. The Hall–Kier alpha value is -0.840. The van der Waals surface area contributed by atoms with Gasteiger partial charge in [-0.1, -0.05) is 12.2 Å². The summed E-state index contributed by atoms with van der Waals surface area (Å²) in [4.78, 5) is 4.81. The third kappa shape index (κ3) is 2.84. The maximum Gasteiger partial charge on any atom is 0.0558 e. The van der Waals surface area contributed by atoms with E-state index >= 15 is 0 Å². The summed E-state index contributed by atoms with van der Waals surface area (Å²) < 4.78 is 0. The van der Waals surface area contributed by atoms with Gasteiger partial charge in [-0.25, -0.2) is 0 Å². The van der Waals surface area contributed by atoms with Crippen molar-refractivity contribution < 1.29 is 5.11 Å². The number of piperazine rings is 1. The van der Waals surface area contributed by atoms with Crippen molar-refractivity contribution in [2.45, 2.75) is 12.5 Å². The Labute approximate surface area is 97.0 Å². The molecule has 1 saturated heterocycles. The summed E-state index contributed by atoms with van der Waals surface area (Å²) in [7, 11) is 0. The van der Waals surface area contributed by atoms with E-state index in [1.54, 1.807) is 0 Å². The molecule has 0 amide bonds. The molecule has 1 unspecified atom stereocenters. The molecule has 4 nitrogen and oxygen atoms in total. The molecule has 0 aromatic carbocycles. The largest absolute Gasteiger partial charge is 0.399 e. The summed E-state index contributed by atoms with van der Waals surface area (Å²) in [5.41, 5.74) is 6.59. The summed E-state index contributed by atoms with van der Waals surface area (Å²) >= 11 is 0. The fourth-order valence-corrected chi connectivity index (χ4v) is 2.36. The minimum absolute atomic E-state index is 0.266. The molecule has 0 aromatic heterocycles. The summed E-state index contributed by atoms with van der Waals surface area (Å²) in [5, 5.41) is 8.87. The second-order valence-corrected chi connectivity index (χ2v) is 4.47. The molecule has 3 N–H and O–H groups in total. The molecular formula is C12H21N3O. The predicted molar refractivity (Wildman–Crippen MR) is 64.9 cm³/mol. The molecule has 1 aliphatic heterocycles. The van der Waals surface area contributed by atoms with Crippen molar-refractivity contribution >= 4 is 0 Å². The minimum atomic E-state index is 0.266. The van der Waals surface area contributed by atoms with Crippen LogP contribution in [0.25, 0.3) is 0 Å². The average molecular weight is 223 g/mol. The van der Waals surface area contributed by atoms with Crippen LogP contribution in [0, 0.1) is 0 Å². The maximum absolute atomic E-state index is 8.87. The van der Waals surface area contributed by atoms with Crippen molar-refractivity contribution in [3.05, 3.63) is 23.9 Å². The van der Waals surface area contributed by atoms with E-state index in [0.29, 0.717) is 6.04 Å². The van der Waals surface area contributed by atoms with E-state index in [4.69, 9.17) is 10.8 Å². The SMILES string of the molecule is NC1=CCC(N2CCN(CCO)CC2)C=C1. The van der Waals surface area contributed by atoms with Gasteiger partial charge in [0.2, 0.25) is 0 Å². The minimum Gasteiger partial charge on any atom is -0.399 e. The van der Waals surface area contributed by atoms with Crippen LogP contribution in [0.4, 0.5) is 0 Å². The molecular weight excluding hydrogens is 202 g/mol. The quantitative estimate of drug-likeness (QED) is 0.694. The van der Waals surface area contributed by atoms with Crippen molar-refractivity contribution in [2.75, 3.05) is 39.3 Å². The van der Waals surface area contributed by atoms with Crippen molar-refractivity contribution in [1.82, 2.24) is 9.80 Å². The Morgan fingerprint density at radius 1 is 1.31 bits per heavy atom. The van der Waals surface area contributed by atoms with Gasteiger partial charge in [0.1, 0.15) is 0 Å². The number of hydrogen-bond donors (Lipinski definition) is 2. The zero-order valence-corrected chi connectivity index (χ0v) is 9.68. The highest BCUT2D eigenvalue weighted by molar-refractivity contribution is 5.22. The number of allylic oxidation sites excluding steroid dienone is 1. The third-order valence-electron chi connectivity index (χ3n) is 3.40. The third-order valence-corrected chi connectivity index (χ3v) is 3.40. The molecule has 1 heterocycles.